The SMILES string of the molecule is O=C(c1ncc2cc[nH]c2n1)C1CCCN(C(=O)OCc2ccccc2)C1. The number of ether oxygens (including phenoxy) is 1. The molecular formula is C20H20N4O3. The van der Waals surface area contributed by atoms with E-state index in [1.54, 1.807) is 17.3 Å². The second-order valence-corrected chi connectivity index (χ2v) is 6.66. The summed E-state index contributed by atoms with van der Waals surface area (Å²) >= 11 is 0. The minimum absolute atomic E-state index is 0.132. The minimum Gasteiger partial charge on any atom is -0.445 e. The van der Waals surface area contributed by atoms with Crippen LogP contribution in [0.2, 0.25) is 0 Å². The number of aromatic nitrogens is 3. The zero-order chi connectivity index (χ0) is 18.6. The number of amides is 1. The average Bonchev–Trinajstić information content (AvgIpc) is 3.20. The van der Waals surface area contributed by atoms with Crippen molar-refractivity contribution in [1.82, 2.24) is 19.9 Å². The van der Waals surface area contributed by atoms with Crippen LogP contribution in [0, 0.1) is 5.92 Å². The fourth-order valence-electron chi connectivity index (χ4n) is 3.31. The number of hydrogen-bond donors (Lipinski definition) is 1. The molecule has 3 aromatic rings. The maximum absolute atomic E-state index is 12.8. The molecule has 4 rings (SSSR count). The second kappa shape index (κ2) is 7.57. The van der Waals surface area contributed by atoms with Crippen LogP contribution in [0.25, 0.3) is 11.0 Å². The molecule has 1 aromatic carbocycles. The topological polar surface area (TPSA) is 88.2 Å². The predicted octanol–water partition coefficient (Wildman–Crippen LogP) is 3.19. The summed E-state index contributed by atoms with van der Waals surface area (Å²) in [5, 5.41) is 0.862. The fraction of sp³-hybridized carbons (Fsp3) is 0.300. The summed E-state index contributed by atoms with van der Waals surface area (Å²) in [7, 11) is 0. The van der Waals surface area contributed by atoms with Gasteiger partial charge in [-0.15, -0.1) is 0 Å². The van der Waals surface area contributed by atoms with Gasteiger partial charge >= 0.3 is 6.09 Å². The zero-order valence-corrected chi connectivity index (χ0v) is 14.8. The van der Waals surface area contributed by atoms with Gasteiger partial charge in [0.1, 0.15) is 12.3 Å². The van der Waals surface area contributed by atoms with Crippen molar-refractivity contribution in [3.8, 4) is 0 Å². The van der Waals surface area contributed by atoms with Gasteiger partial charge in [-0.05, 0) is 24.5 Å². The molecule has 7 heteroatoms. The van der Waals surface area contributed by atoms with Crippen LogP contribution in [0.15, 0.2) is 48.8 Å². The molecule has 1 aliphatic heterocycles. The van der Waals surface area contributed by atoms with E-state index < -0.39 is 6.09 Å². The highest BCUT2D eigenvalue weighted by Crippen LogP contribution is 2.21. The van der Waals surface area contributed by atoms with E-state index in [2.05, 4.69) is 15.0 Å². The van der Waals surface area contributed by atoms with Crippen LogP contribution in [0.4, 0.5) is 4.79 Å². The third-order valence-corrected chi connectivity index (χ3v) is 4.78. The number of fused-ring (bicyclic) bond motifs is 1. The van der Waals surface area contributed by atoms with Crippen molar-refractivity contribution in [2.24, 2.45) is 5.92 Å². The van der Waals surface area contributed by atoms with Crippen molar-refractivity contribution in [2.75, 3.05) is 13.1 Å². The summed E-state index contributed by atoms with van der Waals surface area (Å²) in [6.07, 6.45) is 4.48. The monoisotopic (exact) mass is 364 g/mol. The summed E-state index contributed by atoms with van der Waals surface area (Å²) in [5.41, 5.74) is 1.58. The van der Waals surface area contributed by atoms with Crippen molar-refractivity contribution in [3.05, 3.63) is 60.2 Å². The average molecular weight is 364 g/mol. The van der Waals surface area contributed by atoms with E-state index >= 15 is 0 Å². The van der Waals surface area contributed by atoms with Crippen LogP contribution in [0.1, 0.15) is 29.0 Å². The maximum atomic E-state index is 12.8. The lowest BCUT2D eigenvalue weighted by molar-refractivity contribution is 0.0681. The highest BCUT2D eigenvalue weighted by Gasteiger charge is 2.31. The third-order valence-electron chi connectivity index (χ3n) is 4.78. The molecule has 2 aromatic heterocycles. The van der Waals surface area contributed by atoms with Gasteiger partial charge in [0.15, 0.2) is 5.82 Å². The van der Waals surface area contributed by atoms with Gasteiger partial charge < -0.3 is 14.6 Å². The Morgan fingerprint density at radius 2 is 2.07 bits per heavy atom. The van der Waals surface area contributed by atoms with Gasteiger partial charge in [0.05, 0.1) is 0 Å². The van der Waals surface area contributed by atoms with Gasteiger partial charge in [-0.25, -0.2) is 14.8 Å². The quantitative estimate of drug-likeness (QED) is 0.718. The van der Waals surface area contributed by atoms with Crippen molar-refractivity contribution in [1.29, 1.82) is 0 Å². The Morgan fingerprint density at radius 3 is 2.93 bits per heavy atom. The molecule has 0 aliphatic carbocycles. The van der Waals surface area contributed by atoms with E-state index in [0.29, 0.717) is 25.2 Å². The zero-order valence-electron chi connectivity index (χ0n) is 14.8. The Hall–Kier alpha value is -3.22. The molecule has 1 amide bonds. The standard InChI is InChI=1S/C20H20N4O3/c25-17(19-22-11-15-8-9-21-18(15)23-19)16-7-4-10-24(12-16)20(26)27-13-14-5-2-1-3-6-14/h1-3,5-6,8-9,11,16H,4,7,10,12-13H2,(H,21,22,23). The van der Waals surface area contributed by atoms with Crippen molar-refractivity contribution >= 4 is 22.9 Å². The summed E-state index contributed by atoms with van der Waals surface area (Å²) in [6.45, 7) is 1.15. The molecule has 0 saturated carbocycles. The molecule has 1 unspecified atom stereocenters. The van der Waals surface area contributed by atoms with Gasteiger partial charge in [0, 0.05) is 36.8 Å². The molecule has 1 fully saturated rings. The lowest BCUT2D eigenvalue weighted by atomic mass is 9.93. The highest BCUT2D eigenvalue weighted by atomic mass is 16.6. The number of carbonyl (C=O) groups is 2. The Kier molecular flexibility index (Phi) is 4.82. The summed E-state index contributed by atoms with van der Waals surface area (Å²) in [5.74, 6) is -0.253. The maximum Gasteiger partial charge on any atom is 0.410 e. The van der Waals surface area contributed by atoms with Crippen LogP contribution >= 0.6 is 0 Å². The molecule has 1 saturated heterocycles. The largest absolute Gasteiger partial charge is 0.445 e. The van der Waals surface area contributed by atoms with Gasteiger partial charge in [0.2, 0.25) is 5.78 Å². The first-order chi connectivity index (χ1) is 13.2. The number of rotatable bonds is 4. The molecule has 1 aliphatic rings. The Bertz CT molecular complexity index is 954. The van der Waals surface area contributed by atoms with E-state index in [-0.39, 0.29) is 24.1 Å². The summed E-state index contributed by atoms with van der Waals surface area (Å²) < 4.78 is 5.39. The third kappa shape index (κ3) is 3.81. The highest BCUT2D eigenvalue weighted by molar-refractivity contribution is 5.96. The number of benzene rings is 1. The van der Waals surface area contributed by atoms with Gasteiger partial charge in [0.25, 0.3) is 0 Å². The fourth-order valence-corrected chi connectivity index (χ4v) is 3.31. The van der Waals surface area contributed by atoms with Gasteiger partial charge in [-0.1, -0.05) is 30.3 Å². The van der Waals surface area contributed by atoms with E-state index in [0.717, 1.165) is 17.4 Å². The smallest absolute Gasteiger partial charge is 0.410 e. The number of nitrogens with zero attached hydrogens (tertiary/aromatic N) is 3. The van der Waals surface area contributed by atoms with Crippen LogP contribution in [0.5, 0.6) is 0 Å². The number of carbonyl (C=O) groups excluding carboxylic acids is 2. The Morgan fingerprint density at radius 1 is 1.22 bits per heavy atom. The molecular weight excluding hydrogens is 344 g/mol. The first-order valence-electron chi connectivity index (χ1n) is 9.00. The van der Waals surface area contributed by atoms with Crippen LogP contribution in [-0.2, 0) is 11.3 Å². The number of piperidine rings is 1. The van der Waals surface area contributed by atoms with Crippen molar-refractivity contribution in [2.45, 2.75) is 19.4 Å². The normalized spacial score (nSPS) is 17.0. The second-order valence-electron chi connectivity index (χ2n) is 6.66. The number of aromatic amines is 1. The number of ketones is 1. The first-order valence-corrected chi connectivity index (χ1v) is 9.00. The summed E-state index contributed by atoms with van der Waals surface area (Å²) in [6, 6.07) is 11.4. The minimum atomic E-state index is -0.392. The first kappa shape index (κ1) is 17.2. The van der Waals surface area contributed by atoms with E-state index in [1.165, 1.54) is 0 Å². The summed E-state index contributed by atoms with van der Waals surface area (Å²) in [4.78, 5) is 38.2. The molecule has 0 spiro atoms. The molecule has 0 radical (unpaired) electrons. The van der Waals surface area contributed by atoms with Gasteiger partial charge in [-0.2, -0.15) is 0 Å². The number of likely N-dealkylation sites (tertiary alicyclic amines) is 1. The van der Waals surface area contributed by atoms with E-state index in [1.807, 2.05) is 36.4 Å². The Labute approximate surface area is 156 Å². The number of nitrogens with one attached hydrogen (secondary N) is 1. The lowest BCUT2D eigenvalue weighted by Crippen LogP contribution is -2.42. The molecule has 27 heavy (non-hydrogen) atoms. The Balaban J connectivity index is 1.39. The predicted molar refractivity (Wildman–Crippen MR) is 99.1 cm³/mol. The molecule has 1 N–H and O–H groups in total. The molecule has 1 atom stereocenters. The van der Waals surface area contributed by atoms with Gasteiger partial charge in [-0.3, -0.25) is 4.79 Å². The van der Waals surface area contributed by atoms with Crippen LogP contribution in [0.3, 0.4) is 0 Å². The van der Waals surface area contributed by atoms with Crippen molar-refractivity contribution < 1.29 is 14.3 Å². The molecule has 3 heterocycles. The van der Waals surface area contributed by atoms with Crippen LogP contribution < -0.4 is 0 Å². The van der Waals surface area contributed by atoms with E-state index in [9.17, 15) is 9.59 Å². The van der Waals surface area contributed by atoms with Crippen molar-refractivity contribution in [3.63, 3.8) is 0 Å². The lowest BCUT2D eigenvalue weighted by Gasteiger charge is -2.30. The molecule has 138 valence electrons. The van der Waals surface area contributed by atoms with Crippen LogP contribution in [-0.4, -0.2) is 44.8 Å². The molecule has 7 nitrogen and oxygen atoms in total. The number of Topliss-reactive ketones (excluding diaryl/α,β-unsaturated/α-hetero) is 1. The molecule has 0 bridgehead atoms. The number of H-pyrrole nitrogens is 1. The number of hydrogen-bond acceptors (Lipinski definition) is 5. The van der Waals surface area contributed by atoms with E-state index in [4.69, 9.17) is 4.74 Å².